The van der Waals surface area contributed by atoms with Crippen molar-refractivity contribution in [1.82, 2.24) is 14.3 Å². The van der Waals surface area contributed by atoms with Crippen LogP contribution in [0.25, 0.3) is 11.0 Å². The minimum absolute atomic E-state index is 0.0511. The fourth-order valence-corrected chi connectivity index (χ4v) is 3.81. The first-order chi connectivity index (χ1) is 10.8. The number of sulfonamides is 1. The molecule has 1 fully saturated rings. The Kier molecular flexibility index (Phi) is 3.56. The van der Waals surface area contributed by atoms with Crippen LogP contribution in [0.15, 0.2) is 27.9 Å². The van der Waals surface area contributed by atoms with Crippen LogP contribution in [-0.4, -0.2) is 36.1 Å². The zero-order valence-corrected chi connectivity index (χ0v) is 13.7. The summed E-state index contributed by atoms with van der Waals surface area (Å²) in [5.74, 6) is 0. The quantitative estimate of drug-likeness (QED) is 0.569. The molecule has 0 bridgehead atoms. The lowest BCUT2D eigenvalue weighted by molar-refractivity contribution is 0.309. The lowest BCUT2D eigenvalue weighted by Crippen LogP contribution is -2.34. The Morgan fingerprint density at radius 2 is 2.17 bits per heavy atom. The van der Waals surface area contributed by atoms with Gasteiger partial charge >= 0.3 is 5.69 Å². The number of fused-ring (bicyclic) bond motifs is 1. The molecule has 3 rings (SSSR count). The van der Waals surface area contributed by atoms with Crippen LogP contribution < -0.4 is 10.4 Å². The van der Waals surface area contributed by atoms with E-state index < -0.39 is 15.7 Å². The summed E-state index contributed by atoms with van der Waals surface area (Å²) in [5, 5.41) is 7.81. The molecular weight excluding hydrogens is 320 g/mol. The summed E-state index contributed by atoms with van der Waals surface area (Å²) in [4.78, 5) is 14.6. The van der Waals surface area contributed by atoms with E-state index in [2.05, 4.69) is 9.71 Å². The van der Waals surface area contributed by atoms with Gasteiger partial charge < -0.3 is 9.72 Å². The number of hydrogen-bond acceptors (Lipinski definition) is 5. The van der Waals surface area contributed by atoms with Crippen LogP contribution in [0.2, 0.25) is 0 Å². The van der Waals surface area contributed by atoms with E-state index in [1.807, 2.05) is 6.92 Å². The number of aromatic amines is 1. The largest absolute Gasteiger partial charge is 0.465 e. The van der Waals surface area contributed by atoms with Crippen molar-refractivity contribution in [2.45, 2.75) is 37.1 Å². The molecule has 23 heavy (non-hydrogen) atoms. The SMILES string of the molecule is CCOC(=N)n1c(=O)[nH]c2ccc(S(=O)(=O)NC3(C)CC3)cc21. The van der Waals surface area contributed by atoms with Gasteiger partial charge in [0.1, 0.15) is 0 Å². The molecule has 124 valence electrons. The molecule has 0 radical (unpaired) electrons. The van der Waals surface area contributed by atoms with E-state index in [4.69, 9.17) is 10.1 Å². The highest BCUT2D eigenvalue weighted by atomic mass is 32.2. The standard InChI is InChI=1S/C14H18N4O4S/c1-3-22-12(15)18-11-8-9(4-5-10(11)16-13(18)19)23(20,21)17-14(2)6-7-14/h4-5,8,15,17H,3,6-7H2,1-2H3,(H,16,19). The van der Waals surface area contributed by atoms with Gasteiger partial charge in [0.25, 0.3) is 6.02 Å². The highest BCUT2D eigenvalue weighted by Crippen LogP contribution is 2.36. The van der Waals surface area contributed by atoms with E-state index in [1.165, 1.54) is 18.2 Å². The average molecular weight is 338 g/mol. The van der Waals surface area contributed by atoms with E-state index in [0.29, 0.717) is 5.52 Å². The van der Waals surface area contributed by atoms with Gasteiger partial charge in [-0.25, -0.2) is 22.5 Å². The lowest BCUT2D eigenvalue weighted by Gasteiger charge is -2.12. The molecule has 2 aromatic rings. The topological polar surface area (TPSA) is 117 Å². The van der Waals surface area contributed by atoms with E-state index in [-0.39, 0.29) is 28.6 Å². The van der Waals surface area contributed by atoms with Crippen LogP contribution >= 0.6 is 0 Å². The van der Waals surface area contributed by atoms with Gasteiger partial charge in [0.05, 0.1) is 22.5 Å². The molecule has 1 aromatic carbocycles. The van der Waals surface area contributed by atoms with Crippen molar-refractivity contribution in [2.24, 2.45) is 0 Å². The normalized spacial score (nSPS) is 16.4. The fraction of sp³-hybridized carbons (Fsp3) is 0.429. The molecule has 1 heterocycles. The van der Waals surface area contributed by atoms with Crippen LogP contribution in [0.1, 0.15) is 26.7 Å². The van der Waals surface area contributed by atoms with Crippen molar-refractivity contribution in [3.63, 3.8) is 0 Å². The molecule has 0 amide bonds. The number of ether oxygens (including phenoxy) is 1. The summed E-state index contributed by atoms with van der Waals surface area (Å²) in [5.41, 5.74) is -0.202. The van der Waals surface area contributed by atoms with Crippen LogP contribution in [0.5, 0.6) is 0 Å². The Labute approximate surface area is 133 Å². The molecule has 0 aliphatic heterocycles. The number of imidazole rings is 1. The molecule has 1 aliphatic carbocycles. The Balaban J connectivity index is 2.09. The summed E-state index contributed by atoms with van der Waals surface area (Å²) in [6.45, 7) is 3.78. The fourth-order valence-electron chi connectivity index (χ4n) is 2.33. The summed E-state index contributed by atoms with van der Waals surface area (Å²) in [6, 6.07) is 3.96. The molecule has 0 unspecified atom stereocenters. The summed E-state index contributed by atoms with van der Waals surface area (Å²) >= 11 is 0. The number of rotatable bonds is 4. The number of nitrogens with zero attached hydrogens (tertiary/aromatic N) is 1. The third kappa shape index (κ3) is 2.89. The van der Waals surface area contributed by atoms with Gasteiger partial charge in [-0.15, -0.1) is 0 Å². The van der Waals surface area contributed by atoms with E-state index in [1.54, 1.807) is 6.92 Å². The van der Waals surface area contributed by atoms with Gasteiger partial charge in [-0.2, -0.15) is 0 Å². The third-order valence-corrected chi connectivity index (χ3v) is 5.47. The molecule has 0 saturated heterocycles. The van der Waals surface area contributed by atoms with Crippen molar-refractivity contribution in [3.8, 4) is 0 Å². The predicted molar refractivity (Wildman–Crippen MR) is 85.3 cm³/mol. The van der Waals surface area contributed by atoms with Crippen LogP contribution in [0, 0.1) is 5.41 Å². The Hall–Kier alpha value is -2.13. The molecule has 3 N–H and O–H groups in total. The van der Waals surface area contributed by atoms with Gasteiger partial charge in [0.15, 0.2) is 0 Å². The number of aromatic nitrogens is 2. The number of H-pyrrole nitrogens is 1. The first-order valence-electron chi connectivity index (χ1n) is 7.26. The minimum atomic E-state index is -3.68. The predicted octanol–water partition coefficient (Wildman–Crippen LogP) is 0.980. The second-order valence-corrected chi connectivity index (χ2v) is 7.53. The lowest BCUT2D eigenvalue weighted by atomic mass is 10.3. The van der Waals surface area contributed by atoms with Crippen LogP contribution in [-0.2, 0) is 14.8 Å². The molecule has 0 atom stereocenters. The Bertz CT molecular complexity index is 937. The second-order valence-electron chi connectivity index (χ2n) is 5.85. The first kappa shape index (κ1) is 15.8. The zero-order valence-electron chi connectivity index (χ0n) is 12.8. The highest BCUT2D eigenvalue weighted by molar-refractivity contribution is 7.89. The Morgan fingerprint density at radius 3 is 2.78 bits per heavy atom. The highest BCUT2D eigenvalue weighted by Gasteiger charge is 2.41. The molecule has 1 saturated carbocycles. The third-order valence-electron chi connectivity index (χ3n) is 3.83. The molecule has 1 aliphatic rings. The molecule has 0 spiro atoms. The number of hydrogen-bond donors (Lipinski definition) is 3. The van der Waals surface area contributed by atoms with Gasteiger partial charge in [-0.3, -0.25) is 5.41 Å². The number of nitrogens with one attached hydrogen (secondary N) is 3. The van der Waals surface area contributed by atoms with E-state index in [0.717, 1.165) is 17.4 Å². The van der Waals surface area contributed by atoms with Gasteiger partial charge in [-0.05, 0) is 44.9 Å². The van der Waals surface area contributed by atoms with Crippen LogP contribution in [0.4, 0.5) is 0 Å². The van der Waals surface area contributed by atoms with Crippen molar-refractivity contribution in [1.29, 1.82) is 5.41 Å². The van der Waals surface area contributed by atoms with Crippen molar-refractivity contribution >= 4 is 27.1 Å². The molecule has 1 aromatic heterocycles. The van der Waals surface area contributed by atoms with Crippen molar-refractivity contribution in [2.75, 3.05) is 6.61 Å². The zero-order chi connectivity index (χ0) is 16.8. The minimum Gasteiger partial charge on any atom is -0.465 e. The maximum absolute atomic E-state index is 12.5. The van der Waals surface area contributed by atoms with E-state index >= 15 is 0 Å². The van der Waals surface area contributed by atoms with Gasteiger partial charge in [-0.1, -0.05) is 0 Å². The van der Waals surface area contributed by atoms with E-state index in [9.17, 15) is 13.2 Å². The first-order valence-corrected chi connectivity index (χ1v) is 8.74. The summed E-state index contributed by atoms with van der Waals surface area (Å²) in [7, 11) is -3.68. The monoisotopic (exact) mass is 338 g/mol. The van der Waals surface area contributed by atoms with Gasteiger partial charge in [0, 0.05) is 5.54 Å². The van der Waals surface area contributed by atoms with Crippen LogP contribution in [0.3, 0.4) is 0 Å². The Morgan fingerprint density at radius 1 is 1.48 bits per heavy atom. The molecular formula is C14H18N4O4S. The second kappa shape index (κ2) is 5.20. The van der Waals surface area contributed by atoms with Crippen molar-refractivity contribution < 1.29 is 13.2 Å². The smallest absolute Gasteiger partial charge is 0.334 e. The van der Waals surface area contributed by atoms with Gasteiger partial charge in [0.2, 0.25) is 10.0 Å². The maximum atomic E-state index is 12.5. The molecule has 9 heteroatoms. The summed E-state index contributed by atoms with van der Waals surface area (Å²) in [6.07, 6.45) is 1.61. The average Bonchev–Trinajstić information content (AvgIpc) is 3.07. The molecule has 8 nitrogen and oxygen atoms in total. The number of benzene rings is 1. The van der Waals surface area contributed by atoms with Crippen molar-refractivity contribution in [3.05, 3.63) is 28.7 Å². The summed E-state index contributed by atoms with van der Waals surface area (Å²) < 4.78 is 33.6. The maximum Gasteiger partial charge on any atom is 0.334 e.